The summed E-state index contributed by atoms with van der Waals surface area (Å²) in [7, 11) is 0. The lowest BCUT2D eigenvalue weighted by Crippen LogP contribution is -2.38. The molecule has 7 nitrogen and oxygen atoms in total. The Morgan fingerprint density at radius 2 is 2.17 bits per heavy atom. The molecule has 1 saturated heterocycles. The maximum Gasteiger partial charge on any atom is 0.191 e. The smallest absolute Gasteiger partial charge is 0.191 e. The number of halogens is 2. The molecule has 30 heavy (non-hydrogen) atoms. The molecule has 0 bridgehead atoms. The Morgan fingerprint density at radius 3 is 2.90 bits per heavy atom. The average Bonchev–Trinajstić information content (AvgIpc) is 3.41. The Labute approximate surface area is 200 Å². The second-order valence-corrected chi connectivity index (χ2v) is 7.49. The Bertz CT molecular complexity index is 763. The topological polar surface area (TPSA) is 72.7 Å². The number of aliphatic imine (C=N–C) groups is 1. The van der Waals surface area contributed by atoms with Crippen LogP contribution in [-0.2, 0) is 16.0 Å². The minimum atomic E-state index is 0. The molecule has 1 fully saturated rings. The molecule has 2 heterocycles. The Hall–Kier alpha value is -1.36. The van der Waals surface area contributed by atoms with Crippen LogP contribution in [0.1, 0.15) is 25.3 Å². The van der Waals surface area contributed by atoms with Crippen LogP contribution in [0.4, 0.5) is 0 Å². The predicted octanol–water partition coefficient (Wildman–Crippen LogP) is 3.64. The third kappa shape index (κ3) is 8.41. The van der Waals surface area contributed by atoms with Gasteiger partial charge in [0, 0.05) is 49.0 Å². The van der Waals surface area contributed by atoms with E-state index >= 15 is 0 Å². The van der Waals surface area contributed by atoms with E-state index in [0.29, 0.717) is 17.5 Å². The Kier molecular flexibility index (Phi) is 11.5. The van der Waals surface area contributed by atoms with Crippen LogP contribution in [0, 0.1) is 5.92 Å². The van der Waals surface area contributed by atoms with Crippen molar-refractivity contribution in [3.05, 3.63) is 47.2 Å². The lowest BCUT2D eigenvalue weighted by Gasteiger charge is -2.12. The summed E-state index contributed by atoms with van der Waals surface area (Å²) in [5.74, 6) is 1.37. The zero-order valence-electron chi connectivity index (χ0n) is 17.3. The molecule has 1 atom stereocenters. The summed E-state index contributed by atoms with van der Waals surface area (Å²) in [4.78, 5) is 4.65. The van der Waals surface area contributed by atoms with Gasteiger partial charge in [-0.3, -0.25) is 0 Å². The molecule has 0 radical (unpaired) electrons. The highest BCUT2D eigenvalue weighted by Gasteiger charge is 2.15. The molecule has 1 aliphatic heterocycles. The molecule has 1 aromatic carbocycles. The molecular weight excluding hydrogens is 517 g/mol. The van der Waals surface area contributed by atoms with Crippen LogP contribution >= 0.6 is 35.6 Å². The van der Waals surface area contributed by atoms with Crippen molar-refractivity contribution in [3.8, 4) is 5.69 Å². The summed E-state index contributed by atoms with van der Waals surface area (Å²) in [6.45, 7) is 7.50. The van der Waals surface area contributed by atoms with E-state index in [1.54, 1.807) is 0 Å². The van der Waals surface area contributed by atoms with Crippen LogP contribution in [0.2, 0.25) is 5.02 Å². The first-order chi connectivity index (χ1) is 14.2. The van der Waals surface area contributed by atoms with Gasteiger partial charge in [0.25, 0.3) is 0 Å². The molecule has 1 unspecified atom stereocenters. The summed E-state index contributed by atoms with van der Waals surface area (Å²) < 4.78 is 12.9. The Balaban J connectivity index is 0.00000320. The van der Waals surface area contributed by atoms with E-state index in [0.717, 1.165) is 69.6 Å². The van der Waals surface area contributed by atoms with E-state index in [1.807, 2.05) is 41.3 Å². The number of hydrogen-bond donors (Lipinski definition) is 2. The van der Waals surface area contributed by atoms with E-state index in [-0.39, 0.29) is 24.0 Å². The van der Waals surface area contributed by atoms with Gasteiger partial charge in [0.2, 0.25) is 0 Å². The molecule has 3 rings (SSSR count). The number of nitrogens with one attached hydrogen (secondary N) is 2. The van der Waals surface area contributed by atoms with Crippen molar-refractivity contribution in [2.24, 2.45) is 10.9 Å². The SMILES string of the molecule is CCNC(=NCc1cnn(-c2ccc(Cl)cc2)c1)NCCCOCC1CCOC1.I. The van der Waals surface area contributed by atoms with Gasteiger partial charge in [0.05, 0.1) is 31.6 Å². The van der Waals surface area contributed by atoms with E-state index in [1.165, 1.54) is 0 Å². The molecule has 0 aliphatic carbocycles. The first kappa shape index (κ1) is 24.9. The third-order valence-electron chi connectivity index (χ3n) is 4.63. The van der Waals surface area contributed by atoms with Crippen LogP contribution in [0.25, 0.3) is 5.69 Å². The van der Waals surface area contributed by atoms with Gasteiger partial charge in [-0.05, 0) is 44.0 Å². The largest absolute Gasteiger partial charge is 0.381 e. The fourth-order valence-corrected chi connectivity index (χ4v) is 3.16. The van der Waals surface area contributed by atoms with E-state index in [9.17, 15) is 0 Å². The van der Waals surface area contributed by atoms with Crippen molar-refractivity contribution in [1.29, 1.82) is 0 Å². The maximum atomic E-state index is 5.94. The highest BCUT2D eigenvalue weighted by Crippen LogP contribution is 2.14. The molecule has 2 aromatic rings. The van der Waals surface area contributed by atoms with Crippen LogP contribution in [0.15, 0.2) is 41.7 Å². The lowest BCUT2D eigenvalue weighted by molar-refractivity contribution is 0.0888. The zero-order valence-corrected chi connectivity index (χ0v) is 20.4. The molecule has 166 valence electrons. The van der Waals surface area contributed by atoms with Gasteiger partial charge in [-0.25, -0.2) is 9.67 Å². The van der Waals surface area contributed by atoms with Gasteiger partial charge >= 0.3 is 0 Å². The number of benzene rings is 1. The van der Waals surface area contributed by atoms with Crippen LogP contribution in [-0.4, -0.2) is 55.3 Å². The summed E-state index contributed by atoms with van der Waals surface area (Å²) >= 11 is 5.94. The first-order valence-electron chi connectivity index (χ1n) is 10.2. The van der Waals surface area contributed by atoms with Crippen molar-refractivity contribution in [2.45, 2.75) is 26.3 Å². The van der Waals surface area contributed by atoms with Crippen molar-refractivity contribution in [1.82, 2.24) is 20.4 Å². The van der Waals surface area contributed by atoms with Crippen molar-refractivity contribution >= 4 is 41.5 Å². The van der Waals surface area contributed by atoms with Gasteiger partial charge in [-0.1, -0.05) is 11.6 Å². The molecule has 9 heteroatoms. The normalized spacial score (nSPS) is 16.3. The van der Waals surface area contributed by atoms with Crippen LogP contribution in [0.5, 0.6) is 0 Å². The fourth-order valence-electron chi connectivity index (χ4n) is 3.03. The quantitative estimate of drug-likeness (QED) is 0.206. The number of guanidine groups is 1. The van der Waals surface area contributed by atoms with Crippen molar-refractivity contribution in [3.63, 3.8) is 0 Å². The first-order valence-corrected chi connectivity index (χ1v) is 10.6. The average molecular weight is 548 g/mol. The molecule has 0 amide bonds. The monoisotopic (exact) mass is 547 g/mol. The standard InChI is InChI=1S/C21H30ClN5O2.HI/c1-2-23-21(24-9-3-10-28-15-17-8-11-29-16-17)25-12-18-13-26-27(14-18)20-6-4-19(22)5-7-20;/h4-7,13-14,17H,2-3,8-12,15-16H2,1H3,(H2,23,24,25);1H. The summed E-state index contributed by atoms with van der Waals surface area (Å²) in [6.07, 6.45) is 5.87. The number of hydrogen-bond acceptors (Lipinski definition) is 4. The van der Waals surface area contributed by atoms with Crippen molar-refractivity contribution in [2.75, 3.05) is 39.5 Å². The second kappa shape index (κ2) is 13.8. The molecular formula is C21H31ClIN5O2. The number of rotatable bonds is 10. The van der Waals surface area contributed by atoms with Crippen molar-refractivity contribution < 1.29 is 9.47 Å². The number of aromatic nitrogens is 2. The van der Waals surface area contributed by atoms with E-state index in [2.05, 4.69) is 27.6 Å². The fraction of sp³-hybridized carbons (Fsp3) is 0.524. The highest BCUT2D eigenvalue weighted by atomic mass is 127. The predicted molar refractivity (Wildman–Crippen MR) is 131 cm³/mol. The summed E-state index contributed by atoms with van der Waals surface area (Å²) in [6, 6.07) is 7.59. The Morgan fingerprint density at radius 1 is 1.33 bits per heavy atom. The van der Waals surface area contributed by atoms with Gasteiger partial charge in [0.1, 0.15) is 0 Å². The van der Waals surface area contributed by atoms with Gasteiger partial charge in [-0.15, -0.1) is 24.0 Å². The highest BCUT2D eigenvalue weighted by molar-refractivity contribution is 14.0. The minimum Gasteiger partial charge on any atom is -0.381 e. The van der Waals surface area contributed by atoms with Gasteiger partial charge in [-0.2, -0.15) is 5.10 Å². The lowest BCUT2D eigenvalue weighted by atomic mass is 10.1. The molecule has 2 N–H and O–H groups in total. The number of ether oxygens (including phenoxy) is 2. The third-order valence-corrected chi connectivity index (χ3v) is 4.88. The summed E-state index contributed by atoms with van der Waals surface area (Å²) in [5, 5.41) is 11.7. The van der Waals surface area contributed by atoms with E-state index < -0.39 is 0 Å². The number of nitrogens with zero attached hydrogens (tertiary/aromatic N) is 3. The zero-order chi connectivity index (χ0) is 20.3. The van der Waals surface area contributed by atoms with E-state index in [4.69, 9.17) is 21.1 Å². The second-order valence-electron chi connectivity index (χ2n) is 7.05. The molecule has 0 spiro atoms. The van der Waals surface area contributed by atoms with Crippen LogP contribution < -0.4 is 10.6 Å². The molecule has 1 aliphatic rings. The maximum absolute atomic E-state index is 5.94. The molecule has 1 aromatic heterocycles. The van der Waals surface area contributed by atoms with Gasteiger partial charge < -0.3 is 20.1 Å². The minimum absolute atomic E-state index is 0. The molecule has 0 saturated carbocycles. The van der Waals surface area contributed by atoms with Gasteiger partial charge in [0.15, 0.2) is 5.96 Å². The summed E-state index contributed by atoms with van der Waals surface area (Å²) in [5.41, 5.74) is 2.01. The van der Waals surface area contributed by atoms with Crippen LogP contribution in [0.3, 0.4) is 0 Å².